The highest BCUT2D eigenvalue weighted by molar-refractivity contribution is 8.01. The standard InChI is InChI=1S/C26H26Cl2N2OS/c1-20(29-18-6-9-26(29)21-7-4-3-5-8-21)19-30(24-14-10-22(27)11-15-24)32(2,31)25-16-12-23(28)13-17-25/h3-5,7-8,10-17,26H,1-2,6,9,18-19H2. The van der Waals surface area contributed by atoms with Crippen molar-refractivity contribution in [1.29, 1.82) is 0 Å². The Morgan fingerprint density at radius 3 is 2.19 bits per heavy atom. The lowest BCUT2D eigenvalue weighted by molar-refractivity contribution is 0.324. The highest BCUT2D eigenvalue weighted by Crippen LogP contribution is 2.36. The number of likely N-dealkylation sites (tertiary alicyclic amines) is 1. The van der Waals surface area contributed by atoms with E-state index in [9.17, 15) is 4.21 Å². The van der Waals surface area contributed by atoms with Crippen molar-refractivity contribution < 1.29 is 4.21 Å². The Bertz CT molecular complexity index is 1180. The first-order chi connectivity index (χ1) is 15.4. The molecule has 1 fully saturated rings. The van der Waals surface area contributed by atoms with E-state index in [-0.39, 0.29) is 6.04 Å². The quantitative estimate of drug-likeness (QED) is 0.342. The molecule has 0 amide bonds. The van der Waals surface area contributed by atoms with Gasteiger partial charge in [0.1, 0.15) is 0 Å². The Morgan fingerprint density at radius 1 is 0.969 bits per heavy atom. The Morgan fingerprint density at radius 2 is 1.56 bits per heavy atom. The van der Waals surface area contributed by atoms with Crippen LogP contribution in [0.25, 0.3) is 0 Å². The Labute approximate surface area is 201 Å². The minimum Gasteiger partial charge on any atom is -0.367 e. The van der Waals surface area contributed by atoms with E-state index in [1.54, 1.807) is 36.4 Å². The number of halogens is 2. The third kappa shape index (κ3) is 4.83. The fourth-order valence-electron chi connectivity index (χ4n) is 4.17. The number of nitrogens with zero attached hydrogens (tertiary/aromatic N) is 2. The molecule has 0 aliphatic carbocycles. The summed E-state index contributed by atoms with van der Waals surface area (Å²) in [6.07, 6.45) is 2.16. The minimum atomic E-state index is -2.85. The van der Waals surface area contributed by atoms with Gasteiger partial charge in [-0.15, -0.1) is 0 Å². The van der Waals surface area contributed by atoms with Gasteiger partial charge >= 0.3 is 0 Å². The average molecular weight is 485 g/mol. The van der Waals surface area contributed by atoms with Crippen LogP contribution in [0.2, 0.25) is 10.0 Å². The van der Waals surface area contributed by atoms with E-state index < -0.39 is 9.71 Å². The molecule has 2 atom stereocenters. The fraction of sp³-hybridized carbons (Fsp3) is 0.192. The van der Waals surface area contributed by atoms with Crippen LogP contribution < -0.4 is 4.31 Å². The maximum atomic E-state index is 14.1. The van der Waals surface area contributed by atoms with Gasteiger partial charge in [-0.1, -0.05) is 60.1 Å². The van der Waals surface area contributed by atoms with Gasteiger partial charge in [0.25, 0.3) is 0 Å². The lowest BCUT2D eigenvalue weighted by Crippen LogP contribution is -2.37. The molecule has 6 heteroatoms. The minimum absolute atomic E-state index is 0.271. The lowest BCUT2D eigenvalue weighted by Gasteiger charge is -2.35. The zero-order chi connectivity index (χ0) is 22.7. The summed E-state index contributed by atoms with van der Waals surface area (Å²) in [4.78, 5) is 2.95. The summed E-state index contributed by atoms with van der Waals surface area (Å²) in [6, 6.07) is 25.1. The van der Waals surface area contributed by atoms with E-state index in [1.165, 1.54) is 5.56 Å². The summed E-state index contributed by atoms with van der Waals surface area (Å²) < 4.78 is 15.9. The van der Waals surface area contributed by atoms with Crippen LogP contribution in [0.4, 0.5) is 5.69 Å². The van der Waals surface area contributed by atoms with Crippen molar-refractivity contribution in [2.45, 2.75) is 23.8 Å². The highest BCUT2D eigenvalue weighted by atomic mass is 35.5. The molecule has 0 N–H and O–H groups in total. The van der Waals surface area contributed by atoms with Gasteiger partial charge in [0.05, 0.1) is 22.3 Å². The van der Waals surface area contributed by atoms with Gasteiger partial charge in [-0.25, -0.2) is 4.21 Å². The number of hydrogen-bond acceptors (Lipinski definition) is 2. The smallest absolute Gasteiger partial charge is 0.0766 e. The molecule has 0 radical (unpaired) electrons. The first-order valence-corrected chi connectivity index (χ1v) is 13.0. The summed E-state index contributed by atoms with van der Waals surface area (Å²) in [5.74, 6) is 4.14. The summed E-state index contributed by atoms with van der Waals surface area (Å²) in [5.41, 5.74) is 2.97. The second-order valence-corrected chi connectivity index (χ2v) is 11.0. The highest BCUT2D eigenvalue weighted by Gasteiger charge is 2.29. The topological polar surface area (TPSA) is 23.6 Å². The number of rotatable bonds is 7. The molecule has 1 heterocycles. The summed E-state index contributed by atoms with van der Waals surface area (Å²) >= 11 is 12.2. The van der Waals surface area contributed by atoms with Crippen LogP contribution >= 0.6 is 23.2 Å². The van der Waals surface area contributed by atoms with Crippen LogP contribution in [0.3, 0.4) is 0 Å². The second kappa shape index (κ2) is 9.62. The number of hydrogen-bond donors (Lipinski definition) is 0. The van der Waals surface area contributed by atoms with Crippen LogP contribution in [0.5, 0.6) is 0 Å². The van der Waals surface area contributed by atoms with E-state index >= 15 is 0 Å². The maximum Gasteiger partial charge on any atom is 0.0766 e. The molecule has 3 nitrogen and oxygen atoms in total. The van der Waals surface area contributed by atoms with Gasteiger partial charge in [0.2, 0.25) is 0 Å². The predicted molar refractivity (Wildman–Crippen MR) is 138 cm³/mol. The summed E-state index contributed by atoms with van der Waals surface area (Å²) in [5, 5.41) is 1.22. The molecule has 1 aliphatic rings. The normalized spacial score (nSPS) is 17.7. The van der Waals surface area contributed by atoms with Gasteiger partial charge in [0, 0.05) is 32.9 Å². The van der Waals surface area contributed by atoms with Crippen molar-refractivity contribution in [1.82, 2.24) is 4.90 Å². The number of anilines is 1. The molecule has 0 bridgehead atoms. The van der Waals surface area contributed by atoms with E-state index in [4.69, 9.17) is 23.2 Å². The summed E-state index contributed by atoms with van der Waals surface area (Å²) in [7, 11) is -2.85. The van der Waals surface area contributed by atoms with Crippen LogP contribution in [0, 0.1) is 0 Å². The number of benzene rings is 3. The Balaban J connectivity index is 1.67. The predicted octanol–water partition coefficient (Wildman–Crippen LogP) is 6.84. The first kappa shape index (κ1) is 22.8. The van der Waals surface area contributed by atoms with Crippen molar-refractivity contribution >= 4 is 44.5 Å². The SMILES string of the molecule is C=C(CN(c1ccc(Cl)cc1)S(=C)(=O)c1ccc(Cl)cc1)N1CCCC1c1ccccc1. The molecule has 4 rings (SSSR count). The van der Waals surface area contributed by atoms with Gasteiger partial charge in [-0.2, -0.15) is 0 Å². The lowest BCUT2D eigenvalue weighted by atomic mass is 10.0. The van der Waals surface area contributed by atoms with E-state index in [2.05, 4.69) is 41.6 Å². The molecular formula is C26H26Cl2N2OS. The molecule has 0 aromatic heterocycles. The van der Waals surface area contributed by atoms with Crippen molar-refractivity contribution in [2.24, 2.45) is 0 Å². The largest absolute Gasteiger partial charge is 0.367 e. The van der Waals surface area contributed by atoms with Crippen LogP contribution in [-0.2, 0) is 9.71 Å². The second-order valence-electron chi connectivity index (χ2n) is 7.94. The van der Waals surface area contributed by atoms with E-state index in [0.717, 1.165) is 30.8 Å². The maximum absolute atomic E-state index is 14.1. The molecule has 0 spiro atoms. The molecule has 3 aromatic rings. The average Bonchev–Trinajstić information content (AvgIpc) is 3.29. The van der Waals surface area contributed by atoms with E-state index in [1.807, 2.05) is 22.5 Å². The van der Waals surface area contributed by atoms with Crippen LogP contribution in [0.1, 0.15) is 24.4 Å². The van der Waals surface area contributed by atoms with Gasteiger partial charge in [-0.05, 0) is 72.8 Å². The van der Waals surface area contributed by atoms with Crippen molar-refractivity contribution in [3.63, 3.8) is 0 Å². The Kier molecular flexibility index (Phi) is 6.85. The van der Waals surface area contributed by atoms with Crippen LogP contribution in [0.15, 0.2) is 96.0 Å². The molecule has 32 heavy (non-hydrogen) atoms. The Hall–Kier alpha value is -2.40. The zero-order valence-corrected chi connectivity index (χ0v) is 20.1. The zero-order valence-electron chi connectivity index (χ0n) is 17.8. The fourth-order valence-corrected chi connectivity index (χ4v) is 6.06. The third-order valence-electron chi connectivity index (χ3n) is 5.82. The molecule has 2 unspecified atom stereocenters. The molecule has 0 saturated carbocycles. The third-order valence-corrected chi connectivity index (χ3v) is 8.39. The first-order valence-electron chi connectivity index (χ1n) is 10.5. The molecule has 166 valence electrons. The molecule has 3 aromatic carbocycles. The molecular weight excluding hydrogens is 459 g/mol. The monoisotopic (exact) mass is 484 g/mol. The van der Waals surface area contributed by atoms with Gasteiger partial charge in [-0.3, -0.25) is 4.31 Å². The van der Waals surface area contributed by atoms with Gasteiger partial charge < -0.3 is 4.90 Å². The van der Waals surface area contributed by atoms with Gasteiger partial charge in [0.15, 0.2) is 0 Å². The van der Waals surface area contributed by atoms with E-state index in [0.29, 0.717) is 21.5 Å². The molecule has 1 aliphatic heterocycles. The van der Waals surface area contributed by atoms with Crippen molar-refractivity contribution in [3.05, 3.63) is 107 Å². The van der Waals surface area contributed by atoms with Crippen molar-refractivity contribution in [3.8, 4) is 0 Å². The summed E-state index contributed by atoms with van der Waals surface area (Å²) in [6.45, 7) is 5.71. The van der Waals surface area contributed by atoms with Crippen molar-refractivity contribution in [2.75, 3.05) is 17.4 Å². The molecule has 1 saturated heterocycles. The van der Waals surface area contributed by atoms with Crippen LogP contribution in [-0.4, -0.2) is 28.1 Å².